The van der Waals surface area contributed by atoms with Crippen LogP contribution in [-0.2, 0) is 51.2 Å². The molecule has 2 saturated heterocycles. The van der Waals surface area contributed by atoms with Crippen molar-refractivity contribution in [3.8, 4) is 0 Å². The molecule has 0 spiro atoms. The molecule has 0 radical (unpaired) electrons. The van der Waals surface area contributed by atoms with Crippen molar-refractivity contribution in [2.45, 2.75) is 102 Å². The third-order valence-corrected chi connectivity index (χ3v) is 10.4. The lowest BCUT2D eigenvalue weighted by Gasteiger charge is -2.37. The van der Waals surface area contributed by atoms with Crippen molar-refractivity contribution in [1.82, 2.24) is 31.5 Å². The highest BCUT2D eigenvalue weighted by Gasteiger charge is 2.40. The molecule has 2 fully saturated rings. The molecule has 16 nitrogen and oxygen atoms in total. The minimum atomic E-state index is -1.15. The highest BCUT2D eigenvalue weighted by atomic mass is 16.6. The maximum absolute atomic E-state index is 14.3. The number of amides is 7. The number of allylic oxidation sites excluding steroid dienone is 1. The van der Waals surface area contributed by atoms with Crippen molar-refractivity contribution in [1.29, 1.82) is 0 Å². The molecule has 306 valence electrons. The number of hydrogen-bond acceptors (Lipinski definition) is 9. The van der Waals surface area contributed by atoms with Crippen LogP contribution in [0.15, 0.2) is 54.6 Å². The Kier molecular flexibility index (Phi) is 15.2. The minimum absolute atomic E-state index is 0.0459. The van der Waals surface area contributed by atoms with Crippen LogP contribution in [0, 0.1) is 6.92 Å². The highest BCUT2D eigenvalue weighted by molar-refractivity contribution is 5.97. The van der Waals surface area contributed by atoms with Gasteiger partial charge in [-0.15, -0.1) is 0 Å². The van der Waals surface area contributed by atoms with Gasteiger partial charge >= 0.3 is 12.0 Å². The second-order valence-corrected chi connectivity index (χ2v) is 14.6. The summed E-state index contributed by atoms with van der Waals surface area (Å²) in [6.45, 7) is 2.80. The van der Waals surface area contributed by atoms with Crippen molar-refractivity contribution in [2.24, 2.45) is 5.73 Å². The quantitative estimate of drug-likeness (QED) is 0.0684. The van der Waals surface area contributed by atoms with Gasteiger partial charge in [0.05, 0.1) is 13.7 Å². The number of carbonyl (C=O) groups is 7. The number of nitrogens with one attached hydrogen (secondary N) is 5. The molecule has 0 bridgehead atoms. The fourth-order valence-corrected chi connectivity index (χ4v) is 7.08. The average molecular weight is 788 g/mol. The number of nitrogens with zero attached hydrogens (tertiary/aromatic N) is 1. The fraction of sp³-hybridized carbons (Fsp3) is 0.488. The Bertz CT molecular complexity index is 1830. The van der Waals surface area contributed by atoms with Crippen LogP contribution in [0.25, 0.3) is 5.57 Å². The maximum atomic E-state index is 14.3. The fourth-order valence-electron chi connectivity index (χ4n) is 7.08. The Morgan fingerprint density at radius 1 is 0.877 bits per heavy atom. The zero-order chi connectivity index (χ0) is 40.9. The summed E-state index contributed by atoms with van der Waals surface area (Å²) in [5.41, 5.74) is 10.0. The molecule has 7 amide bonds. The van der Waals surface area contributed by atoms with Gasteiger partial charge in [-0.3, -0.25) is 28.8 Å². The van der Waals surface area contributed by atoms with Gasteiger partial charge in [0.2, 0.25) is 23.6 Å². The number of benzene rings is 2. The second-order valence-electron chi connectivity index (χ2n) is 14.6. The number of ether oxygens (including phenoxy) is 2. The number of fused-ring (bicyclic) bond motifs is 1. The zero-order valence-corrected chi connectivity index (χ0v) is 32.5. The van der Waals surface area contributed by atoms with E-state index >= 15 is 0 Å². The Morgan fingerprint density at radius 3 is 2.33 bits per heavy atom. The first-order valence-electron chi connectivity index (χ1n) is 19.5. The summed E-state index contributed by atoms with van der Waals surface area (Å²) in [5, 5.41) is 13.8. The first-order valence-corrected chi connectivity index (χ1v) is 19.5. The number of piperidine rings is 1. The van der Waals surface area contributed by atoms with E-state index in [0.29, 0.717) is 32.1 Å². The lowest BCUT2D eigenvalue weighted by molar-refractivity contribution is -0.147. The molecule has 0 aromatic heterocycles. The number of urea groups is 1. The van der Waals surface area contributed by atoms with Gasteiger partial charge in [-0.1, -0.05) is 60.2 Å². The van der Waals surface area contributed by atoms with Gasteiger partial charge in [0, 0.05) is 32.5 Å². The predicted molar refractivity (Wildman–Crippen MR) is 209 cm³/mol. The Labute approximate surface area is 332 Å². The smallest absolute Gasteiger partial charge is 0.312 e. The van der Waals surface area contributed by atoms with E-state index in [0.717, 1.165) is 27.8 Å². The molecule has 5 atom stereocenters. The third kappa shape index (κ3) is 12.4. The van der Waals surface area contributed by atoms with E-state index in [1.807, 2.05) is 61.5 Å². The number of aryl methyl sites for hydroxylation is 1. The average Bonchev–Trinajstić information content (AvgIpc) is 4.00. The van der Waals surface area contributed by atoms with Crippen molar-refractivity contribution < 1.29 is 43.0 Å². The van der Waals surface area contributed by atoms with Crippen molar-refractivity contribution in [3.63, 3.8) is 0 Å². The summed E-state index contributed by atoms with van der Waals surface area (Å²) in [7, 11) is 1.23. The Hall–Kier alpha value is -5.77. The molecule has 3 aliphatic rings. The number of carbonyl (C=O) groups excluding carboxylic acids is 7. The summed E-state index contributed by atoms with van der Waals surface area (Å²) in [5.74, 6) is -3.19. The number of hydrogen-bond donors (Lipinski definition) is 6. The van der Waals surface area contributed by atoms with Crippen molar-refractivity contribution in [3.05, 3.63) is 76.9 Å². The summed E-state index contributed by atoms with van der Waals surface area (Å²) >= 11 is 0. The van der Waals surface area contributed by atoms with E-state index < -0.39 is 71.8 Å². The van der Waals surface area contributed by atoms with Crippen LogP contribution >= 0.6 is 0 Å². The molecular weight excluding hydrogens is 734 g/mol. The summed E-state index contributed by atoms with van der Waals surface area (Å²) < 4.78 is 9.83. The van der Waals surface area contributed by atoms with Gasteiger partial charge in [0.15, 0.2) is 6.10 Å². The van der Waals surface area contributed by atoms with E-state index in [2.05, 4.69) is 26.6 Å². The van der Waals surface area contributed by atoms with Crippen molar-refractivity contribution in [2.75, 3.05) is 26.8 Å². The molecule has 2 heterocycles. The van der Waals surface area contributed by atoms with Crippen LogP contribution in [0.3, 0.4) is 0 Å². The van der Waals surface area contributed by atoms with E-state index in [1.54, 1.807) is 0 Å². The van der Waals surface area contributed by atoms with E-state index in [1.165, 1.54) is 12.0 Å². The first kappa shape index (κ1) is 42.4. The lowest BCUT2D eigenvalue weighted by atomic mass is 9.96. The number of esters is 1. The van der Waals surface area contributed by atoms with Crippen LogP contribution < -0.4 is 32.3 Å². The monoisotopic (exact) mass is 787 g/mol. The first-order chi connectivity index (χ1) is 27.4. The second kappa shape index (κ2) is 20.4. The molecule has 2 aliphatic heterocycles. The molecule has 5 rings (SSSR count). The summed E-state index contributed by atoms with van der Waals surface area (Å²) in [6, 6.07) is 10.5. The van der Waals surface area contributed by atoms with Gasteiger partial charge in [-0.05, 0) is 74.1 Å². The zero-order valence-electron chi connectivity index (χ0n) is 32.5. The maximum Gasteiger partial charge on any atom is 0.312 e. The molecule has 1 unspecified atom stereocenters. The Balaban J connectivity index is 1.35. The summed E-state index contributed by atoms with van der Waals surface area (Å²) in [6.07, 6.45) is 3.93. The number of primary amides is 1. The number of nitrogens with two attached hydrogens (primary N) is 1. The van der Waals surface area contributed by atoms with E-state index in [-0.39, 0.29) is 51.9 Å². The van der Waals surface area contributed by atoms with Crippen LogP contribution in [-0.4, -0.2) is 104 Å². The molecule has 57 heavy (non-hydrogen) atoms. The molecule has 2 aromatic carbocycles. The molecular formula is C41H53N7O9. The van der Waals surface area contributed by atoms with Gasteiger partial charge in [-0.25, -0.2) is 4.79 Å². The third-order valence-electron chi connectivity index (χ3n) is 10.4. The van der Waals surface area contributed by atoms with Crippen LogP contribution in [0.5, 0.6) is 0 Å². The number of epoxide rings is 1. The van der Waals surface area contributed by atoms with Gasteiger partial charge < -0.3 is 46.7 Å². The van der Waals surface area contributed by atoms with Gasteiger partial charge in [-0.2, -0.15) is 0 Å². The van der Waals surface area contributed by atoms with Crippen LogP contribution in [0.2, 0.25) is 0 Å². The molecule has 0 saturated carbocycles. The normalized spacial score (nSPS) is 18.4. The Morgan fingerprint density at radius 2 is 1.61 bits per heavy atom. The van der Waals surface area contributed by atoms with E-state index in [9.17, 15) is 33.6 Å². The number of likely N-dealkylation sites (tertiary alicyclic amines) is 1. The van der Waals surface area contributed by atoms with Crippen LogP contribution in [0.1, 0.15) is 73.6 Å². The van der Waals surface area contributed by atoms with Crippen molar-refractivity contribution >= 4 is 47.1 Å². The van der Waals surface area contributed by atoms with Crippen LogP contribution in [0.4, 0.5) is 4.79 Å². The van der Waals surface area contributed by atoms with Gasteiger partial charge in [0.25, 0.3) is 5.91 Å². The predicted octanol–water partition coefficient (Wildman–Crippen LogP) is 1.28. The lowest BCUT2D eigenvalue weighted by Crippen LogP contribution is -2.60. The number of methoxy groups -OCH3 is 1. The van der Waals surface area contributed by atoms with E-state index in [4.69, 9.17) is 15.2 Å². The molecule has 1 aliphatic carbocycles. The number of rotatable bonds is 19. The molecule has 16 heteroatoms. The summed E-state index contributed by atoms with van der Waals surface area (Å²) in [4.78, 5) is 93.7. The molecule has 2 aromatic rings. The standard InChI is InChI=1S/C41H53N7O9/c1-25-12-14-26(15-13-25)23-44-36(50)30(10-7-20-43-41(42)55)45-37(51)32(22-28-17-16-27-8-3-4-9-29(27)28)47-38(52)33-11-5-6-21-48(33)40(54)31(18-19-35(49)56-2)46-39(53)34-24-57-34/h3-4,8-9,12-15,17,30-34H,5-7,10-11,16,18-24H2,1-2H3,(H,44,50)(H,45,51)(H,46,53)(H,47,52)(H3,42,43,55)/t30-,31+,32-,33-,34?/m0/s1. The van der Waals surface area contributed by atoms with Gasteiger partial charge in [0.1, 0.15) is 24.2 Å². The minimum Gasteiger partial charge on any atom is -0.469 e. The SMILES string of the molecule is COC(=O)CC[C@@H](NC(=O)C1CO1)C(=O)N1CCCC[C@H]1C(=O)N[C@@H](CC1=CCc2ccccc21)C(=O)N[C@@H](CCCNC(N)=O)C(=O)NCc1ccc(C)cc1. The molecule has 7 N–H and O–H groups in total. The largest absolute Gasteiger partial charge is 0.469 e. The topological polar surface area (TPSA) is 231 Å². The highest BCUT2D eigenvalue weighted by Crippen LogP contribution is 2.31.